The first-order valence-electron chi connectivity index (χ1n) is 4.73. The van der Waals surface area contributed by atoms with Crippen molar-refractivity contribution in [2.24, 2.45) is 5.92 Å². The van der Waals surface area contributed by atoms with E-state index in [1.807, 2.05) is 13.8 Å². The van der Waals surface area contributed by atoms with E-state index in [1.54, 1.807) is 0 Å². The molecule has 0 radical (unpaired) electrons. The highest BCUT2D eigenvalue weighted by Gasteiger charge is 2.29. The zero-order chi connectivity index (χ0) is 11.3. The van der Waals surface area contributed by atoms with Crippen LogP contribution in [0.5, 0.6) is 0 Å². The molecule has 0 amide bonds. The fourth-order valence-electron chi connectivity index (χ4n) is 1.19. The summed E-state index contributed by atoms with van der Waals surface area (Å²) in [5.74, 6) is 0.179. The summed E-state index contributed by atoms with van der Waals surface area (Å²) in [6, 6.07) is 0. The van der Waals surface area contributed by atoms with E-state index in [9.17, 15) is 15.3 Å². The molecular formula is C9H20O5. The van der Waals surface area contributed by atoms with Crippen LogP contribution in [0.25, 0.3) is 0 Å². The molecule has 0 rings (SSSR count). The van der Waals surface area contributed by atoms with Gasteiger partial charge in [0.2, 0.25) is 0 Å². The van der Waals surface area contributed by atoms with Gasteiger partial charge in [0.05, 0.1) is 12.7 Å². The SMILES string of the molecule is CC(C)C[C@@H](O)[C@H](O)[C@H](O)[C@@H](O)CO. The topological polar surface area (TPSA) is 101 Å². The normalized spacial score (nSPS) is 20.6. The predicted octanol–water partition coefficient (Wildman–Crippen LogP) is -1.53. The Morgan fingerprint density at radius 3 is 1.64 bits per heavy atom. The molecule has 86 valence electrons. The van der Waals surface area contributed by atoms with E-state index in [2.05, 4.69) is 0 Å². The van der Waals surface area contributed by atoms with Crippen molar-refractivity contribution in [2.45, 2.75) is 44.7 Å². The van der Waals surface area contributed by atoms with E-state index in [4.69, 9.17) is 10.2 Å². The van der Waals surface area contributed by atoms with Gasteiger partial charge in [0, 0.05) is 0 Å². The zero-order valence-electron chi connectivity index (χ0n) is 8.54. The Hall–Kier alpha value is -0.200. The van der Waals surface area contributed by atoms with Crippen molar-refractivity contribution in [2.75, 3.05) is 6.61 Å². The summed E-state index contributed by atoms with van der Waals surface area (Å²) in [5.41, 5.74) is 0. The zero-order valence-corrected chi connectivity index (χ0v) is 8.54. The Morgan fingerprint density at radius 2 is 1.29 bits per heavy atom. The largest absolute Gasteiger partial charge is 0.394 e. The minimum Gasteiger partial charge on any atom is -0.394 e. The first kappa shape index (κ1) is 13.8. The van der Waals surface area contributed by atoms with Crippen LogP contribution in [-0.4, -0.2) is 56.6 Å². The molecule has 0 aromatic heterocycles. The van der Waals surface area contributed by atoms with Gasteiger partial charge in [-0.1, -0.05) is 13.8 Å². The number of rotatable bonds is 6. The van der Waals surface area contributed by atoms with Gasteiger partial charge < -0.3 is 25.5 Å². The van der Waals surface area contributed by atoms with Gasteiger partial charge in [0.25, 0.3) is 0 Å². The summed E-state index contributed by atoms with van der Waals surface area (Å²) in [7, 11) is 0. The van der Waals surface area contributed by atoms with Crippen molar-refractivity contribution < 1.29 is 25.5 Å². The Labute approximate surface area is 83.6 Å². The van der Waals surface area contributed by atoms with Gasteiger partial charge in [-0.15, -0.1) is 0 Å². The van der Waals surface area contributed by atoms with Crippen molar-refractivity contribution in [1.82, 2.24) is 0 Å². The molecule has 0 aliphatic heterocycles. The summed E-state index contributed by atoms with van der Waals surface area (Å²) >= 11 is 0. The summed E-state index contributed by atoms with van der Waals surface area (Å²) in [5, 5.41) is 45.5. The van der Waals surface area contributed by atoms with Crippen LogP contribution in [0.1, 0.15) is 20.3 Å². The second kappa shape index (κ2) is 6.31. The van der Waals surface area contributed by atoms with Crippen LogP contribution in [0.4, 0.5) is 0 Å². The van der Waals surface area contributed by atoms with Gasteiger partial charge in [-0.25, -0.2) is 0 Å². The first-order chi connectivity index (χ1) is 6.40. The van der Waals surface area contributed by atoms with Crippen LogP contribution in [0.3, 0.4) is 0 Å². The fraction of sp³-hybridized carbons (Fsp3) is 1.00. The molecule has 0 fully saturated rings. The number of hydrogen-bond acceptors (Lipinski definition) is 5. The highest BCUT2D eigenvalue weighted by atomic mass is 16.4. The summed E-state index contributed by atoms with van der Waals surface area (Å²) in [6.07, 6.45) is -5.14. The average Bonchev–Trinajstić information content (AvgIpc) is 2.13. The number of hydrogen-bond donors (Lipinski definition) is 5. The molecule has 4 atom stereocenters. The monoisotopic (exact) mass is 208 g/mol. The van der Waals surface area contributed by atoms with Crippen LogP contribution in [0.2, 0.25) is 0 Å². The first-order valence-corrected chi connectivity index (χ1v) is 4.73. The minimum absolute atomic E-state index is 0.179. The smallest absolute Gasteiger partial charge is 0.110 e. The van der Waals surface area contributed by atoms with Gasteiger partial charge in [0.1, 0.15) is 18.3 Å². The molecule has 5 heteroatoms. The lowest BCUT2D eigenvalue weighted by molar-refractivity contribution is -0.118. The Morgan fingerprint density at radius 1 is 0.857 bits per heavy atom. The quantitative estimate of drug-likeness (QED) is 0.364. The Bertz CT molecular complexity index is 150. The Kier molecular flexibility index (Phi) is 6.22. The molecule has 0 saturated heterocycles. The summed E-state index contributed by atoms with van der Waals surface area (Å²) in [6.45, 7) is 3.09. The van der Waals surface area contributed by atoms with Crippen molar-refractivity contribution >= 4 is 0 Å². The van der Waals surface area contributed by atoms with Gasteiger partial charge in [0.15, 0.2) is 0 Å². The lowest BCUT2D eigenvalue weighted by Gasteiger charge is -2.26. The van der Waals surface area contributed by atoms with Gasteiger partial charge in [-0.05, 0) is 12.3 Å². The molecule has 0 heterocycles. The number of aliphatic hydroxyl groups excluding tert-OH is 5. The third-order valence-corrected chi connectivity index (χ3v) is 2.04. The molecule has 0 spiro atoms. The molecule has 0 aromatic carbocycles. The molecule has 0 aromatic rings. The van der Waals surface area contributed by atoms with E-state index >= 15 is 0 Å². The standard InChI is InChI=1S/C9H20O5/c1-5(2)3-6(11)8(13)9(14)7(12)4-10/h5-14H,3-4H2,1-2H3/t6-,7+,8+,9-/m1/s1. The summed E-state index contributed by atoms with van der Waals surface area (Å²) < 4.78 is 0. The van der Waals surface area contributed by atoms with Crippen LogP contribution in [0.15, 0.2) is 0 Å². The highest BCUT2D eigenvalue weighted by molar-refractivity contribution is 4.80. The molecule has 0 unspecified atom stereocenters. The molecule has 14 heavy (non-hydrogen) atoms. The third-order valence-electron chi connectivity index (χ3n) is 2.04. The maximum absolute atomic E-state index is 9.40. The van der Waals surface area contributed by atoms with E-state index in [0.717, 1.165) is 0 Å². The minimum atomic E-state index is -1.52. The number of aliphatic hydroxyl groups is 5. The van der Waals surface area contributed by atoms with Crippen molar-refractivity contribution in [1.29, 1.82) is 0 Å². The van der Waals surface area contributed by atoms with Crippen LogP contribution >= 0.6 is 0 Å². The summed E-state index contributed by atoms with van der Waals surface area (Å²) in [4.78, 5) is 0. The van der Waals surface area contributed by atoms with E-state index < -0.39 is 31.0 Å². The van der Waals surface area contributed by atoms with Crippen molar-refractivity contribution in [3.63, 3.8) is 0 Å². The predicted molar refractivity (Wildman–Crippen MR) is 50.6 cm³/mol. The lowest BCUT2D eigenvalue weighted by atomic mass is 9.96. The maximum atomic E-state index is 9.40. The van der Waals surface area contributed by atoms with Crippen LogP contribution < -0.4 is 0 Å². The maximum Gasteiger partial charge on any atom is 0.110 e. The molecule has 0 saturated carbocycles. The van der Waals surface area contributed by atoms with Crippen LogP contribution in [0, 0.1) is 5.92 Å². The van der Waals surface area contributed by atoms with E-state index in [-0.39, 0.29) is 5.92 Å². The second-order valence-corrected chi connectivity index (χ2v) is 3.93. The molecule has 0 aliphatic carbocycles. The fourth-order valence-corrected chi connectivity index (χ4v) is 1.19. The lowest BCUT2D eigenvalue weighted by Crippen LogP contribution is -2.46. The molecule has 0 aliphatic rings. The second-order valence-electron chi connectivity index (χ2n) is 3.93. The van der Waals surface area contributed by atoms with Gasteiger partial charge in [-0.2, -0.15) is 0 Å². The molecular weight excluding hydrogens is 188 g/mol. The molecule has 5 N–H and O–H groups in total. The van der Waals surface area contributed by atoms with Gasteiger partial charge in [-0.3, -0.25) is 0 Å². The van der Waals surface area contributed by atoms with Crippen LogP contribution in [-0.2, 0) is 0 Å². The average molecular weight is 208 g/mol. The van der Waals surface area contributed by atoms with E-state index in [1.165, 1.54) is 0 Å². The highest BCUT2D eigenvalue weighted by Crippen LogP contribution is 2.12. The molecule has 5 nitrogen and oxygen atoms in total. The van der Waals surface area contributed by atoms with Gasteiger partial charge >= 0.3 is 0 Å². The van der Waals surface area contributed by atoms with E-state index in [0.29, 0.717) is 6.42 Å². The third kappa shape index (κ3) is 4.34. The van der Waals surface area contributed by atoms with Crippen molar-refractivity contribution in [3.8, 4) is 0 Å². The van der Waals surface area contributed by atoms with Crippen molar-refractivity contribution in [3.05, 3.63) is 0 Å². The molecule has 0 bridgehead atoms. The Balaban J connectivity index is 4.09.